The second kappa shape index (κ2) is 1.99. The predicted octanol–water partition coefficient (Wildman–Crippen LogP) is 1.22. The first-order valence-electron chi connectivity index (χ1n) is 3.75. The Balaban J connectivity index is 2.78. The lowest BCUT2D eigenvalue weighted by Crippen LogP contribution is -2.43. The molecule has 1 heterocycles. The van der Waals surface area contributed by atoms with Crippen LogP contribution < -0.4 is 0 Å². The average Bonchev–Trinajstić information content (AvgIpc) is 1.73. The molecule has 2 nitrogen and oxygen atoms in total. The van der Waals surface area contributed by atoms with Gasteiger partial charge < -0.3 is 9.31 Å². The van der Waals surface area contributed by atoms with E-state index >= 15 is 0 Å². The Hall–Kier alpha value is -0.0151. The molecule has 0 atom stereocenters. The summed E-state index contributed by atoms with van der Waals surface area (Å²) < 4.78 is 10.0. The van der Waals surface area contributed by atoms with Gasteiger partial charge in [0.15, 0.2) is 5.60 Å². The van der Waals surface area contributed by atoms with Crippen molar-refractivity contribution in [3.05, 3.63) is 0 Å². The van der Waals surface area contributed by atoms with Gasteiger partial charge in [-0.2, -0.15) is 0 Å². The predicted molar refractivity (Wildman–Crippen MR) is 43.1 cm³/mol. The zero-order valence-electron chi connectivity index (χ0n) is 7.43. The lowest BCUT2D eigenvalue weighted by molar-refractivity contribution is -0.0709. The van der Waals surface area contributed by atoms with Gasteiger partial charge in [-0.15, -0.1) is 0 Å². The lowest BCUT2D eigenvalue weighted by atomic mass is 9.90. The molecule has 0 radical (unpaired) electrons. The van der Waals surface area contributed by atoms with Crippen LogP contribution in [0, 0.1) is 0 Å². The van der Waals surface area contributed by atoms with E-state index in [1.165, 1.54) is 0 Å². The van der Waals surface area contributed by atoms with Crippen molar-refractivity contribution in [1.29, 1.82) is 0 Å². The van der Waals surface area contributed by atoms with Crippen LogP contribution in [0.3, 0.4) is 0 Å². The average molecular weight is 143 g/mol. The minimum Gasteiger partial charge on any atom is -0.509 e. The van der Waals surface area contributed by atoms with Crippen LogP contribution in [0.25, 0.3) is 0 Å². The van der Waals surface area contributed by atoms with Crippen molar-refractivity contribution in [2.24, 2.45) is 0 Å². The van der Waals surface area contributed by atoms with E-state index in [0.29, 0.717) is 0 Å². The molecule has 0 aromatic heterocycles. The molecule has 0 bridgehead atoms. The Kier molecular flexibility index (Phi) is 1.61. The highest BCUT2D eigenvalue weighted by molar-refractivity contribution is 6.42. The number of aliphatic hydroxyl groups is 1. The molecule has 3 heteroatoms. The second-order valence-corrected chi connectivity index (χ2v) is 3.92. The molecule has 10 heavy (non-hydrogen) atoms. The maximum Gasteiger partial charge on any atom is 0.691 e. The third-order valence-corrected chi connectivity index (χ3v) is 2.44. The quantitative estimate of drug-likeness (QED) is 0.369. The summed E-state index contributed by atoms with van der Waals surface area (Å²) in [5.74, 6) is 0. The van der Waals surface area contributed by atoms with E-state index < -0.39 is 0 Å². The van der Waals surface area contributed by atoms with Gasteiger partial charge in [-0.3, -0.25) is 0 Å². The monoisotopic (exact) mass is 143 g/mol. The van der Waals surface area contributed by atoms with Gasteiger partial charge in [-0.25, -0.2) is 0 Å². The summed E-state index contributed by atoms with van der Waals surface area (Å²) in [6.07, 6.45) is 0. The SMILES string of the molecule is CB1OC(C)(C)C(C)(C)[OH+]1. The van der Waals surface area contributed by atoms with Gasteiger partial charge in [0.05, 0.1) is 0 Å². The van der Waals surface area contributed by atoms with Crippen molar-refractivity contribution in [2.45, 2.75) is 45.7 Å². The van der Waals surface area contributed by atoms with Crippen molar-refractivity contribution in [3.63, 3.8) is 0 Å². The van der Waals surface area contributed by atoms with Crippen LogP contribution in [-0.2, 0) is 4.65 Å². The molecule has 0 saturated carbocycles. The summed E-state index contributed by atoms with van der Waals surface area (Å²) in [5, 5.41) is 0. The third-order valence-electron chi connectivity index (χ3n) is 2.44. The smallest absolute Gasteiger partial charge is 0.509 e. The van der Waals surface area contributed by atoms with E-state index in [-0.39, 0.29) is 18.3 Å². The minimum atomic E-state index is -0.105. The largest absolute Gasteiger partial charge is 0.691 e. The van der Waals surface area contributed by atoms with Gasteiger partial charge >= 0.3 is 7.12 Å². The van der Waals surface area contributed by atoms with Crippen LogP contribution in [0.2, 0.25) is 6.82 Å². The van der Waals surface area contributed by atoms with E-state index in [9.17, 15) is 0 Å². The number of hydrogen-bond acceptors (Lipinski definition) is 1. The molecular weight excluding hydrogens is 127 g/mol. The summed E-state index contributed by atoms with van der Waals surface area (Å²) in [6.45, 7) is 10.4. The molecule has 0 amide bonds. The molecule has 0 spiro atoms. The fourth-order valence-electron chi connectivity index (χ4n) is 1.21. The lowest BCUT2D eigenvalue weighted by Gasteiger charge is -2.28. The summed E-state index contributed by atoms with van der Waals surface area (Å²) >= 11 is 0. The highest BCUT2D eigenvalue weighted by atomic mass is 16.7. The Morgan fingerprint density at radius 3 is 1.80 bits per heavy atom. The van der Waals surface area contributed by atoms with E-state index in [0.717, 1.165) is 0 Å². The van der Waals surface area contributed by atoms with Gasteiger partial charge in [0.2, 0.25) is 0 Å². The van der Waals surface area contributed by atoms with Gasteiger partial charge in [0.25, 0.3) is 0 Å². The number of rotatable bonds is 0. The van der Waals surface area contributed by atoms with Crippen molar-refractivity contribution in [1.82, 2.24) is 0 Å². The number of hydrogen-bond donors (Lipinski definition) is 0. The molecule has 1 fully saturated rings. The summed E-state index contributed by atoms with van der Waals surface area (Å²) in [4.78, 5) is 0. The minimum absolute atomic E-state index is 0.0353. The molecule has 0 aromatic carbocycles. The first-order chi connectivity index (χ1) is 4.35. The van der Waals surface area contributed by atoms with Gasteiger partial charge in [-0.1, -0.05) is 0 Å². The second-order valence-electron chi connectivity index (χ2n) is 3.92. The van der Waals surface area contributed by atoms with Gasteiger partial charge in [-0.05, 0) is 13.8 Å². The normalized spacial score (nSPS) is 29.1. The Morgan fingerprint density at radius 1 is 1.20 bits per heavy atom. The standard InChI is InChI=1S/C7H15BO2/c1-6(2)7(3,4)10-8(5)9-6/h1-5H3/p+1. The zero-order chi connectivity index (χ0) is 7.99. The first kappa shape index (κ1) is 8.09. The summed E-state index contributed by atoms with van der Waals surface area (Å²) in [7, 11) is 0.0602. The van der Waals surface area contributed by atoms with Crippen molar-refractivity contribution in [3.8, 4) is 0 Å². The van der Waals surface area contributed by atoms with Crippen LogP contribution in [0.1, 0.15) is 27.7 Å². The maximum absolute atomic E-state index is 5.60. The van der Waals surface area contributed by atoms with Crippen LogP contribution in [-0.4, -0.2) is 23.0 Å². The topological polar surface area (TPSA) is 22.0 Å². The molecule has 1 aliphatic rings. The third kappa shape index (κ3) is 1.08. The zero-order valence-corrected chi connectivity index (χ0v) is 7.43. The van der Waals surface area contributed by atoms with Crippen molar-refractivity contribution < 1.29 is 9.31 Å². The van der Waals surface area contributed by atoms with Crippen molar-refractivity contribution in [2.75, 3.05) is 0 Å². The summed E-state index contributed by atoms with van der Waals surface area (Å²) in [5.41, 5.74) is -0.140. The van der Waals surface area contributed by atoms with Crippen LogP contribution in [0.5, 0.6) is 0 Å². The van der Waals surface area contributed by atoms with Crippen molar-refractivity contribution >= 4 is 7.12 Å². The molecule has 1 aliphatic heterocycles. The maximum atomic E-state index is 5.60. The Bertz CT molecular complexity index is 127. The molecule has 1 N–H and O–H groups in total. The highest BCUT2D eigenvalue weighted by Crippen LogP contribution is 2.34. The molecule has 0 aliphatic carbocycles. The summed E-state index contributed by atoms with van der Waals surface area (Å²) in [6, 6.07) is 0. The van der Waals surface area contributed by atoms with Crippen LogP contribution in [0.4, 0.5) is 0 Å². The first-order valence-corrected chi connectivity index (χ1v) is 3.75. The van der Waals surface area contributed by atoms with E-state index in [2.05, 4.69) is 32.3 Å². The Labute approximate surface area is 63.0 Å². The molecule has 0 aromatic rings. The molecule has 1 rings (SSSR count). The highest BCUT2D eigenvalue weighted by Gasteiger charge is 2.55. The van der Waals surface area contributed by atoms with Gasteiger partial charge in [0, 0.05) is 20.7 Å². The molecular formula is C7H16BO2+. The van der Waals surface area contributed by atoms with Gasteiger partial charge in [0.1, 0.15) is 5.60 Å². The van der Waals surface area contributed by atoms with Crippen LogP contribution in [0.15, 0.2) is 0 Å². The Morgan fingerprint density at radius 2 is 1.70 bits per heavy atom. The van der Waals surface area contributed by atoms with E-state index in [1.54, 1.807) is 0 Å². The fourth-order valence-corrected chi connectivity index (χ4v) is 1.21. The molecule has 1 saturated heterocycles. The van der Waals surface area contributed by atoms with E-state index in [1.807, 2.05) is 6.82 Å². The fraction of sp³-hybridized carbons (Fsp3) is 1.00. The molecule has 58 valence electrons. The molecule has 0 unspecified atom stereocenters. The van der Waals surface area contributed by atoms with Crippen LogP contribution >= 0.6 is 0 Å². The van der Waals surface area contributed by atoms with E-state index in [4.69, 9.17) is 4.65 Å².